The average molecular weight is 282 g/mol. The largest absolute Gasteiger partial charge is 0.393 e. The van der Waals surface area contributed by atoms with Crippen LogP contribution in [0.1, 0.15) is 20.8 Å². The minimum Gasteiger partial charge on any atom is -0.393 e. The van der Waals surface area contributed by atoms with Crippen LogP contribution < -0.4 is 10.6 Å². The number of thiocarbonyl (C=S) groups is 1. The number of hydrogen-bond donors (Lipinski definition) is 1. The summed E-state index contributed by atoms with van der Waals surface area (Å²) in [6.07, 6.45) is 0. The predicted octanol–water partition coefficient (Wildman–Crippen LogP) is 2.74. The zero-order valence-electron chi connectivity index (χ0n) is 11.4. The highest BCUT2D eigenvalue weighted by Crippen LogP contribution is 2.21. The fourth-order valence-corrected chi connectivity index (χ4v) is 2.36. The average Bonchev–Trinajstić information content (AvgIpc) is 2.31. The molecule has 1 rings (SSSR count). The van der Waals surface area contributed by atoms with Crippen molar-refractivity contribution in [2.24, 2.45) is 17.6 Å². The smallest absolute Gasteiger partial charge is 0.237 e. The van der Waals surface area contributed by atoms with E-state index in [1.54, 1.807) is 17.0 Å². The molecule has 1 atom stereocenters. The van der Waals surface area contributed by atoms with Gasteiger partial charge in [-0.15, -0.1) is 0 Å². The molecule has 0 fully saturated rings. The van der Waals surface area contributed by atoms with Gasteiger partial charge >= 0.3 is 0 Å². The molecule has 0 saturated heterocycles. The molecule has 3 nitrogen and oxygen atoms in total. The van der Waals surface area contributed by atoms with Gasteiger partial charge in [-0.3, -0.25) is 4.79 Å². The fourth-order valence-electron chi connectivity index (χ4n) is 1.99. The molecule has 1 aromatic rings. The van der Waals surface area contributed by atoms with Gasteiger partial charge in [0.2, 0.25) is 5.91 Å². The second-order valence-corrected chi connectivity index (χ2v) is 5.15. The maximum absolute atomic E-state index is 12.9. The summed E-state index contributed by atoms with van der Waals surface area (Å²) in [5.74, 6) is -0.946. The molecule has 19 heavy (non-hydrogen) atoms. The Kier molecular flexibility index (Phi) is 5.42. The number of benzene rings is 1. The highest BCUT2D eigenvalue weighted by molar-refractivity contribution is 7.80. The van der Waals surface area contributed by atoms with Gasteiger partial charge in [0, 0.05) is 12.2 Å². The lowest BCUT2D eigenvalue weighted by Gasteiger charge is -2.27. The zero-order valence-corrected chi connectivity index (χ0v) is 12.2. The van der Waals surface area contributed by atoms with Crippen molar-refractivity contribution >= 4 is 28.8 Å². The van der Waals surface area contributed by atoms with Crippen molar-refractivity contribution < 1.29 is 9.18 Å². The van der Waals surface area contributed by atoms with E-state index in [0.717, 1.165) is 0 Å². The van der Waals surface area contributed by atoms with E-state index in [1.807, 2.05) is 20.8 Å². The lowest BCUT2D eigenvalue weighted by molar-refractivity contribution is -0.121. The number of rotatable bonds is 5. The molecule has 0 aliphatic rings. The monoisotopic (exact) mass is 282 g/mol. The molecule has 5 heteroatoms. The van der Waals surface area contributed by atoms with Crippen LogP contribution in [0.3, 0.4) is 0 Å². The van der Waals surface area contributed by atoms with Gasteiger partial charge in [0.25, 0.3) is 0 Å². The number of halogens is 1. The second kappa shape index (κ2) is 6.61. The summed E-state index contributed by atoms with van der Waals surface area (Å²) in [7, 11) is 0. The third kappa shape index (κ3) is 3.73. The van der Waals surface area contributed by atoms with E-state index in [2.05, 4.69) is 0 Å². The SMILES string of the molecule is CCN(C(=O)C(C(N)=S)C(C)C)c1ccc(F)cc1. The van der Waals surface area contributed by atoms with Crippen molar-refractivity contribution in [1.29, 1.82) is 0 Å². The van der Waals surface area contributed by atoms with Crippen molar-refractivity contribution in [2.45, 2.75) is 20.8 Å². The fraction of sp³-hybridized carbons (Fsp3) is 0.429. The number of carbonyl (C=O) groups excluding carboxylic acids is 1. The summed E-state index contributed by atoms with van der Waals surface area (Å²) < 4.78 is 12.9. The summed E-state index contributed by atoms with van der Waals surface area (Å²) in [6.45, 7) is 6.15. The summed E-state index contributed by atoms with van der Waals surface area (Å²) >= 11 is 4.98. The number of anilines is 1. The van der Waals surface area contributed by atoms with E-state index in [0.29, 0.717) is 12.2 Å². The van der Waals surface area contributed by atoms with Crippen molar-refractivity contribution in [3.05, 3.63) is 30.1 Å². The first-order valence-electron chi connectivity index (χ1n) is 6.24. The highest BCUT2D eigenvalue weighted by Gasteiger charge is 2.29. The van der Waals surface area contributed by atoms with Crippen molar-refractivity contribution in [2.75, 3.05) is 11.4 Å². The third-order valence-electron chi connectivity index (χ3n) is 2.96. The third-order valence-corrected chi connectivity index (χ3v) is 3.21. The van der Waals surface area contributed by atoms with E-state index in [4.69, 9.17) is 18.0 Å². The Bertz CT molecular complexity index is 459. The van der Waals surface area contributed by atoms with Crippen molar-refractivity contribution in [3.8, 4) is 0 Å². The van der Waals surface area contributed by atoms with Gasteiger partial charge < -0.3 is 10.6 Å². The number of carbonyl (C=O) groups is 1. The Balaban J connectivity index is 3.05. The molecule has 104 valence electrons. The Morgan fingerprint density at radius 3 is 2.26 bits per heavy atom. The summed E-state index contributed by atoms with van der Waals surface area (Å²) in [6, 6.07) is 5.81. The molecule has 2 N–H and O–H groups in total. The predicted molar refractivity (Wildman–Crippen MR) is 79.5 cm³/mol. The first-order chi connectivity index (χ1) is 8.88. The van der Waals surface area contributed by atoms with Gasteiger partial charge in [0.15, 0.2) is 0 Å². The van der Waals surface area contributed by atoms with Gasteiger partial charge in [0.05, 0.1) is 10.9 Å². The molecule has 1 amide bonds. The molecule has 0 heterocycles. The van der Waals surface area contributed by atoms with Gasteiger partial charge in [-0.2, -0.15) is 0 Å². The Morgan fingerprint density at radius 1 is 1.37 bits per heavy atom. The standard InChI is InChI=1S/C14H19FN2OS/c1-4-17(11-7-5-10(15)6-8-11)14(18)12(9(2)3)13(16)19/h5-9,12H,4H2,1-3H3,(H2,16,19). The Labute approximate surface area is 118 Å². The quantitative estimate of drug-likeness (QED) is 0.845. The zero-order chi connectivity index (χ0) is 14.6. The Morgan fingerprint density at radius 2 is 1.89 bits per heavy atom. The molecule has 0 aliphatic carbocycles. The molecule has 0 radical (unpaired) electrons. The van der Waals surface area contributed by atoms with Crippen LogP contribution in [0.5, 0.6) is 0 Å². The van der Waals surface area contributed by atoms with Crippen LogP contribution in [0.25, 0.3) is 0 Å². The second-order valence-electron chi connectivity index (χ2n) is 4.68. The summed E-state index contributed by atoms with van der Waals surface area (Å²) in [5.41, 5.74) is 6.31. The van der Waals surface area contributed by atoms with Crippen LogP contribution >= 0.6 is 12.2 Å². The topological polar surface area (TPSA) is 46.3 Å². The molecule has 1 aromatic carbocycles. The number of nitrogens with two attached hydrogens (primary N) is 1. The number of nitrogens with zero attached hydrogens (tertiary/aromatic N) is 1. The molecule has 0 aromatic heterocycles. The number of hydrogen-bond acceptors (Lipinski definition) is 2. The van der Waals surface area contributed by atoms with Crippen LogP contribution in [0.15, 0.2) is 24.3 Å². The van der Waals surface area contributed by atoms with Gasteiger partial charge in [-0.25, -0.2) is 4.39 Å². The molecule has 0 spiro atoms. The van der Waals surface area contributed by atoms with Crippen LogP contribution in [0.4, 0.5) is 10.1 Å². The first-order valence-corrected chi connectivity index (χ1v) is 6.65. The normalized spacial score (nSPS) is 12.3. The van der Waals surface area contributed by atoms with E-state index in [9.17, 15) is 9.18 Å². The summed E-state index contributed by atoms with van der Waals surface area (Å²) in [5, 5.41) is 0. The van der Waals surface area contributed by atoms with Crippen LogP contribution in [0.2, 0.25) is 0 Å². The highest BCUT2D eigenvalue weighted by atomic mass is 32.1. The lowest BCUT2D eigenvalue weighted by Crippen LogP contribution is -2.43. The van der Waals surface area contributed by atoms with E-state index in [1.165, 1.54) is 12.1 Å². The van der Waals surface area contributed by atoms with Gasteiger partial charge in [0.1, 0.15) is 5.82 Å². The van der Waals surface area contributed by atoms with Crippen molar-refractivity contribution in [3.63, 3.8) is 0 Å². The minimum absolute atomic E-state index is 0.0273. The molecule has 0 aliphatic heterocycles. The minimum atomic E-state index is -0.500. The van der Waals surface area contributed by atoms with Crippen LogP contribution in [-0.4, -0.2) is 17.4 Å². The van der Waals surface area contributed by atoms with Crippen LogP contribution in [0, 0.1) is 17.7 Å². The molecule has 0 bridgehead atoms. The number of amides is 1. The lowest BCUT2D eigenvalue weighted by atomic mass is 9.94. The molecule has 1 unspecified atom stereocenters. The van der Waals surface area contributed by atoms with Crippen molar-refractivity contribution in [1.82, 2.24) is 0 Å². The molecular formula is C14H19FN2OS. The Hall–Kier alpha value is -1.49. The molecule has 0 saturated carbocycles. The van der Waals surface area contributed by atoms with E-state index in [-0.39, 0.29) is 22.6 Å². The van der Waals surface area contributed by atoms with Gasteiger partial charge in [-0.05, 0) is 37.1 Å². The summed E-state index contributed by atoms with van der Waals surface area (Å²) in [4.78, 5) is 14.3. The van der Waals surface area contributed by atoms with Gasteiger partial charge in [-0.1, -0.05) is 26.1 Å². The first kappa shape index (κ1) is 15.6. The van der Waals surface area contributed by atoms with E-state index < -0.39 is 5.92 Å². The van der Waals surface area contributed by atoms with E-state index >= 15 is 0 Å². The maximum atomic E-state index is 12.9. The molecular weight excluding hydrogens is 263 g/mol. The van der Waals surface area contributed by atoms with Crippen LogP contribution in [-0.2, 0) is 4.79 Å². The maximum Gasteiger partial charge on any atom is 0.237 e.